The molecule has 0 aliphatic carbocycles. The first kappa shape index (κ1) is 14.7. The van der Waals surface area contributed by atoms with E-state index in [4.69, 9.17) is 33.7 Å². The fourth-order valence-corrected chi connectivity index (χ4v) is 2.47. The fraction of sp³-hybridized carbons (Fsp3) is 0.143. The maximum Gasteiger partial charge on any atom is 0.129 e. The Balaban J connectivity index is 2.19. The van der Waals surface area contributed by atoms with Gasteiger partial charge in [0, 0.05) is 10.5 Å². The zero-order valence-corrected chi connectivity index (χ0v) is 13.1. The van der Waals surface area contributed by atoms with Gasteiger partial charge < -0.3 is 10.5 Å². The third-order valence-electron chi connectivity index (χ3n) is 2.56. The van der Waals surface area contributed by atoms with Crippen LogP contribution in [0.4, 0.5) is 0 Å². The van der Waals surface area contributed by atoms with Gasteiger partial charge in [-0.1, -0.05) is 45.2 Å². The van der Waals surface area contributed by atoms with Crippen molar-refractivity contribution in [1.82, 2.24) is 0 Å². The molecule has 100 valence electrons. The summed E-state index contributed by atoms with van der Waals surface area (Å²) in [5.41, 5.74) is 6.70. The molecule has 5 heteroatoms. The summed E-state index contributed by atoms with van der Waals surface area (Å²) in [7, 11) is 0. The van der Waals surface area contributed by atoms with Crippen LogP contribution in [0, 0.1) is 0 Å². The Bertz CT molecular complexity index is 590. The van der Waals surface area contributed by atoms with Crippen molar-refractivity contribution in [3.05, 3.63) is 56.5 Å². The van der Waals surface area contributed by atoms with Gasteiger partial charge in [0.1, 0.15) is 11.5 Å². The quantitative estimate of drug-likeness (QED) is 0.827. The Labute approximate surface area is 130 Å². The average molecular weight is 361 g/mol. The minimum absolute atomic E-state index is 0.470. The van der Waals surface area contributed by atoms with Crippen molar-refractivity contribution >= 4 is 39.1 Å². The standard InChI is InChI=1S/C14H12BrCl2NO/c15-12-7-10(2-1-9(12)5-6-18)19-11-3-4-13(16)14(17)8-11/h1-4,7-8H,5-6,18H2. The van der Waals surface area contributed by atoms with Crippen LogP contribution in [0.3, 0.4) is 0 Å². The van der Waals surface area contributed by atoms with E-state index in [1.54, 1.807) is 18.2 Å². The van der Waals surface area contributed by atoms with Crippen molar-refractivity contribution in [2.45, 2.75) is 6.42 Å². The number of halogens is 3. The summed E-state index contributed by atoms with van der Waals surface area (Å²) in [4.78, 5) is 0. The first-order valence-electron chi connectivity index (χ1n) is 5.71. The highest BCUT2D eigenvalue weighted by molar-refractivity contribution is 9.10. The van der Waals surface area contributed by atoms with Crippen LogP contribution in [-0.2, 0) is 6.42 Å². The van der Waals surface area contributed by atoms with Gasteiger partial charge >= 0.3 is 0 Å². The molecule has 0 aromatic heterocycles. The maximum atomic E-state index is 5.94. The molecule has 0 saturated carbocycles. The number of hydrogen-bond donors (Lipinski definition) is 1. The van der Waals surface area contributed by atoms with Crippen LogP contribution in [0.25, 0.3) is 0 Å². The summed E-state index contributed by atoms with van der Waals surface area (Å²) in [5.74, 6) is 1.37. The summed E-state index contributed by atoms with van der Waals surface area (Å²) in [6.45, 7) is 0.617. The zero-order valence-electron chi connectivity index (χ0n) is 10.00. The summed E-state index contributed by atoms with van der Waals surface area (Å²) in [6, 6.07) is 11.0. The molecule has 0 amide bonds. The lowest BCUT2D eigenvalue weighted by molar-refractivity contribution is 0.482. The minimum Gasteiger partial charge on any atom is -0.457 e. The number of hydrogen-bond acceptors (Lipinski definition) is 2. The molecular weight excluding hydrogens is 349 g/mol. The van der Waals surface area contributed by atoms with Gasteiger partial charge in [-0.15, -0.1) is 0 Å². The predicted molar refractivity (Wildman–Crippen MR) is 83.4 cm³/mol. The lowest BCUT2D eigenvalue weighted by Gasteiger charge is -2.09. The zero-order chi connectivity index (χ0) is 13.8. The van der Waals surface area contributed by atoms with Gasteiger partial charge in [0.05, 0.1) is 10.0 Å². The Morgan fingerprint density at radius 1 is 1.00 bits per heavy atom. The lowest BCUT2D eigenvalue weighted by atomic mass is 10.1. The molecule has 0 unspecified atom stereocenters. The molecule has 2 rings (SSSR count). The van der Waals surface area contributed by atoms with Crippen LogP contribution < -0.4 is 10.5 Å². The van der Waals surface area contributed by atoms with Crippen molar-refractivity contribution in [1.29, 1.82) is 0 Å². The highest BCUT2D eigenvalue weighted by Gasteiger charge is 2.05. The highest BCUT2D eigenvalue weighted by atomic mass is 79.9. The molecule has 2 nitrogen and oxygen atoms in total. The second-order valence-corrected chi connectivity index (χ2v) is 5.64. The van der Waals surface area contributed by atoms with Crippen molar-refractivity contribution in [2.24, 2.45) is 5.73 Å². The maximum absolute atomic E-state index is 5.94. The molecule has 2 aromatic carbocycles. The monoisotopic (exact) mass is 359 g/mol. The Morgan fingerprint density at radius 3 is 2.32 bits per heavy atom. The third kappa shape index (κ3) is 3.86. The Hall–Kier alpha value is -0.740. The van der Waals surface area contributed by atoms with E-state index in [-0.39, 0.29) is 0 Å². The molecule has 0 aliphatic rings. The molecule has 0 saturated heterocycles. The molecule has 0 atom stereocenters. The van der Waals surface area contributed by atoms with Crippen LogP contribution in [0.5, 0.6) is 11.5 Å². The van der Waals surface area contributed by atoms with Gasteiger partial charge in [0.15, 0.2) is 0 Å². The van der Waals surface area contributed by atoms with E-state index in [9.17, 15) is 0 Å². The second-order valence-electron chi connectivity index (χ2n) is 3.97. The molecule has 2 aromatic rings. The fourth-order valence-electron chi connectivity index (χ4n) is 1.63. The van der Waals surface area contributed by atoms with E-state index >= 15 is 0 Å². The van der Waals surface area contributed by atoms with Gasteiger partial charge in [-0.3, -0.25) is 0 Å². The largest absolute Gasteiger partial charge is 0.457 e. The van der Waals surface area contributed by atoms with Gasteiger partial charge in [0.25, 0.3) is 0 Å². The van der Waals surface area contributed by atoms with Gasteiger partial charge in [-0.05, 0) is 42.8 Å². The van der Waals surface area contributed by atoms with Gasteiger partial charge in [-0.25, -0.2) is 0 Å². The highest BCUT2D eigenvalue weighted by Crippen LogP contribution is 2.31. The van der Waals surface area contributed by atoms with E-state index in [2.05, 4.69) is 15.9 Å². The second kappa shape index (κ2) is 6.62. The van der Waals surface area contributed by atoms with Crippen LogP contribution >= 0.6 is 39.1 Å². The van der Waals surface area contributed by atoms with Crippen LogP contribution in [0.1, 0.15) is 5.56 Å². The topological polar surface area (TPSA) is 35.2 Å². The molecule has 0 fully saturated rings. The molecular formula is C14H12BrCl2NO. The average Bonchev–Trinajstić information content (AvgIpc) is 2.37. The lowest BCUT2D eigenvalue weighted by Crippen LogP contribution is -2.03. The summed E-state index contributed by atoms with van der Waals surface area (Å²) in [6.07, 6.45) is 0.827. The first-order chi connectivity index (χ1) is 9.10. The number of nitrogens with two attached hydrogens (primary N) is 1. The summed E-state index contributed by atoms with van der Waals surface area (Å²) >= 11 is 15.3. The van der Waals surface area contributed by atoms with Crippen LogP contribution in [0.15, 0.2) is 40.9 Å². The van der Waals surface area contributed by atoms with E-state index < -0.39 is 0 Å². The van der Waals surface area contributed by atoms with Gasteiger partial charge in [-0.2, -0.15) is 0 Å². The molecule has 2 N–H and O–H groups in total. The van der Waals surface area contributed by atoms with Crippen molar-refractivity contribution in [3.63, 3.8) is 0 Å². The van der Waals surface area contributed by atoms with Crippen LogP contribution in [-0.4, -0.2) is 6.54 Å². The Kier molecular flexibility index (Phi) is 5.11. The molecule has 0 radical (unpaired) electrons. The Morgan fingerprint density at radius 2 is 1.68 bits per heavy atom. The van der Waals surface area contributed by atoms with Crippen molar-refractivity contribution in [3.8, 4) is 11.5 Å². The first-order valence-corrected chi connectivity index (χ1v) is 7.26. The molecule has 19 heavy (non-hydrogen) atoms. The van der Waals surface area contributed by atoms with E-state index in [0.29, 0.717) is 22.3 Å². The normalized spacial score (nSPS) is 10.5. The summed E-state index contributed by atoms with van der Waals surface area (Å²) < 4.78 is 6.71. The molecule has 0 aliphatic heterocycles. The van der Waals surface area contributed by atoms with Gasteiger partial charge in [0.2, 0.25) is 0 Å². The van der Waals surface area contributed by atoms with E-state index in [1.165, 1.54) is 0 Å². The SMILES string of the molecule is NCCc1ccc(Oc2ccc(Cl)c(Cl)c2)cc1Br. The number of rotatable bonds is 4. The van der Waals surface area contributed by atoms with Crippen LogP contribution in [0.2, 0.25) is 10.0 Å². The number of ether oxygens (including phenoxy) is 1. The summed E-state index contributed by atoms with van der Waals surface area (Å²) in [5, 5.41) is 0.978. The third-order valence-corrected chi connectivity index (χ3v) is 4.04. The van der Waals surface area contributed by atoms with Crippen molar-refractivity contribution in [2.75, 3.05) is 6.54 Å². The van der Waals surface area contributed by atoms with E-state index in [0.717, 1.165) is 22.2 Å². The molecule has 0 bridgehead atoms. The minimum atomic E-state index is 0.470. The molecule has 0 spiro atoms. The van der Waals surface area contributed by atoms with Crippen molar-refractivity contribution < 1.29 is 4.74 Å². The predicted octanol–water partition coefficient (Wildman–Crippen LogP) is 5.05. The smallest absolute Gasteiger partial charge is 0.129 e. The molecule has 0 heterocycles. The van der Waals surface area contributed by atoms with E-state index in [1.807, 2.05) is 18.2 Å². The number of benzene rings is 2.